The predicted octanol–water partition coefficient (Wildman–Crippen LogP) is 3.99. The number of para-hydroxylation sites is 2. The number of fused-ring (bicyclic) bond motifs is 1. The molecule has 0 aliphatic carbocycles. The highest BCUT2D eigenvalue weighted by molar-refractivity contribution is 6.05. The Bertz CT molecular complexity index is 1030. The maximum absolute atomic E-state index is 13.1. The van der Waals surface area contributed by atoms with E-state index in [1.54, 1.807) is 6.07 Å². The van der Waals surface area contributed by atoms with E-state index in [0.29, 0.717) is 24.7 Å². The number of rotatable bonds is 4. The minimum Gasteiger partial charge on any atom is -0.486 e. The quantitative estimate of drug-likeness (QED) is 0.715. The third kappa shape index (κ3) is 4.18. The molecule has 0 saturated heterocycles. The number of benzene rings is 2. The van der Waals surface area contributed by atoms with Crippen LogP contribution in [0.25, 0.3) is 0 Å². The second-order valence-corrected chi connectivity index (χ2v) is 6.45. The summed E-state index contributed by atoms with van der Waals surface area (Å²) in [5.41, 5.74) is -1.16. The fraction of sp³-hybridized carbons (Fsp3) is 0.200. The largest absolute Gasteiger partial charge is 0.486 e. The van der Waals surface area contributed by atoms with Crippen molar-refractivity contribution in [1.29, 1.82) is 0 Å². The molecule has 1 amide bonds. The Morgan fingerprint density at radius 3 is 2.66 bits per heavy atom. The average molecular weight is 403 g/mol. The number of aromatic nitrogens is 2. The second-order valence-electron chi connectivity index (χ2n) is 6.45. The lowest BCUT2D eigenvalue weighted by Gasteiger charge is -2.26. The molecule has 0 spiro atoms. The van der Waals surface area contributed by atoms with Crippen LogP contribution in [-0.2, 0) is 12.7 Å². The highest BCUT2D eigenvalue weighted by Crippen LogP contribution is 2.32. The van der Waals surface area contributed by atoms with E-state index in [2.05, 4.69) is 10.4 Å². The number of hydrogen-bond acceptors (Lipinski definition) is 4. The van der Waals surface area contributed by atoms with Gasteiger partial charge in [0.2, 0.25) is 0 Å². The van der Waals surface area contributed by atoms with E-state index in [-0.39, 0.29) is 11.8 Å². The van der Waals surface area contributed by atoms with Gasteiger partial charge in [-0.2, -0.15) is 18.3 Å². The molecule has 1 aromatic heterocycles. The van der Waals surface area contributed by atoms with E-state index in [4.69, 9.17) is 9.47 Å². The molecule has 0 bridgehead atoms. The van der Waals surface area contributed by atoms with Crippen molar-refractivity contribution in [2.24, 2.45) is 0 Å². The number of amides is 1. The zero-order valence-electron chi connectivity index (χ0n) is 15.0. The molecule has 4 rings (SSSR count). The Morgan fingerprint density at radius 2 is 1.86 bits per heavy atom. The third-order valence-corrected chi connectivity index (χ3v) is 4.33. The van der Waals surface area contributed by atoms with Gasteiger partial charge in [-0.1, -0.05) is 24.3 Å². The smallest absolute Gasteiger partial charge is 0.417 e. The standard InChI is InChI=1S/C20H16F3N3O3/c21-20(22,23)16-6-2-1-5-15(16)19(27)25-13-9-24-26(10-13)11-14-12-28-17-7-3-4-8-18(17)29-14/h1-10,14H,11-12H2,(H,25,27). The fourth-order valence-electron chi connectivity index (χ4n) is 3.02. The van der Waals surface area contributed by atoms with E-state index < -0.39 is 23.2 Å². The molecule has 3 aromatic rings. The van der Waals surface area contributed by atoms with E-state index in [0.717, 1.165) is 12.1 Å². The molecule has 1 aliphatic heterocycles. The topological polar surface area (TPSA) is 65.4 Å². The van der Waals surface area contributed by atoms with Crippen LogP contribution in [0.15, 0.2) is 60.9 Å². The fourth-order valence-corrected chi connectivity index (χ4v) is 3.02. The number of nitrogens with zero attached hydrogens (tertiary/aromatic N) is 2. The SMILES string of the molecule is O=C(Nc1cnn(CC2COc3ccccc3O2)c1)c1ccccc1C(F)(F)F. The number of nitrogens with one attached hydrogen (secondary N) is 1. The van der Waals surface area contributed by atoms with Crippen molar-refractivity contribution in [3.05, 3.63) is 72.1 Å². The van der Waals surface area contributed by atoms with Gasteiger partial charge < -0.3 is 14.8 Å². The highest BCUT2D eigenvalue weighted by atomic mass is 19.4. The Morgan fingerprint density at radius 1 is 1.14 bits per heavy atom. The summed E-state index contributed by atoms with van der Waals surface area (Å²) < 4.78 is 52.3. The number of hydrogen-bond donors (Lipinski definition) is 1. The number of halogens is 3. The van der Waals surface area contributed by atoms with Crippen molar-refractivity contribution < 1.29 is 27.4 Å². The molecular formula is C20H16F3N3O3. The highest BCUT2D eigenvalue weighted by Gasteiger charge is 2.34. The maximum Gasteiger partial charge on any atom is 0.417 e. The molecule has 1 N–H and O–H groups in total. The second kappa shape index (κ2) is 7.50. The van der Waals surface area contributed by atoms with Crippen molar-refractivity contribution >= 4 is 11.6 Å². The molecule has 2 heterocycles. The van der Waals surface area contributed by atoms with Crippen LogP contribution < -0.4 is 14.8 Å². The Kier molecular flexibility index (Phi) is 4.87. The van der Waals surface area contributed by atoms with Gasteiger partial charge in [0.25, 0.3) is 5.91 Å². The molecule has 1 aliphatic rings. The molecular weight excluding hydrogens is 387 g/mol. The predicted molar refractivity (Wildman–Crippen MR) is 98.0 cm³/mol. The summed E-state index contributed by atoms with van der Waals surface area (Å²) in [6.45, 7) is 0.681. The van der Waals surface area contributed by atoms with Crippen LogP contribution in [0.3, 0.4) is 0 Å². The number of alkyl halides is 3. The molecule has 1 atom stereocenters. The third-order valence-electron chi connectivity index (χ3n) is 4.33. The first kappa shape index (κ1) is 18.9. The summed E-state index contributed by atoms with van der Waals surface area (Å²) in [5.74, 6) is 0.442. The molecule has 9 heteroatoms. The monoisotopic (exact) mass is 403 g/mol. The maximum atomic E-state index is 13.1. The van der Waals surface area contributed by atoms with E-state index in [1.165, 1.54) is 29.2 Å². The minimum atomic E-state index is -4.62. The lowest BCUT2D eigenvalue weighted by Crippen LogP contribution is -2.33. The van der Waals surface area contributed by atoms with Gasteiger partial charge in [0.05, 0.1) is 29.6 Å². The van der Waals surface area contributed by atoms with Crippen LogP contribution in [0.4, 0.5) is 18.9 Å². The van der Waals surface area contributed by atoms with Gasteiger partial charge in [-0.25, -0.2) is 0 Å². The van der Waals surface area contributed by atoms with Crippen molar-refractivity contribution in [3.63, 3.8) is 0 Å². The van der Waals surface area contributed by atoms with Gasteiger partial charge in [0.1, 0.15) is 6.61 Å². The number of ether oxygens (including phenoxy) is 2. The van der Waals surface area contributed by atoms with Gasteiger partial charge in [-0.3, -0.25) is 9.48 Å². The van der Waals surface area contributed by atoms with Crippen LogP contribution in [0, 0.1) is 0 Å². The van der Waals surface area contributed by atoms with Crippen LogP contribution in [-0.4, -0.2) is 28.4 Å². The Hall–Kier alpha value is -3.49. The van der Waals surface area contributed by atoms with E-state index in [9.17, 15) is 18.0 Å². The van der Waals surface area contributed by atoms with Gasteiger partial charge in [0.15, 0.2) is 17.6 Å². The molecule has 29 heavy (non-hydrogen) atoms. The van der Waals surface area contributed by atoms with Gasteiger partial charge >= 0.3 is 6.18 Å². The first-order valence-corrected chi connectivity index (χ1v) is 8.78. The Balaban J connectivity index is 1.42. The molecule has 2 aromatic carbocycles. The zero-order valence-corrected chi connectivity index (χ0v) is 15.0. The summed E-state index contributed by atoms with van der Waals surface area (Å²) in [6.07, 6.45) is -2.02. The molecule has 0 radical (unpaired) electrons. The van der Waals surface area contributed by atoms with E-state index >= 15 is 0 Å². The first-order valence-electron chi connectivity index (χ1n) is 8.78. The first-order chi connectivity index (χ1) is 13.9. The Labute approximate surface area is 163 Å². The summed E-state index contributed by atoms with van der Waals surface area (Å²) in [7, 11) is 0. The molecule has 150 valence electrons. The van der Waals surface area contributed by atoms with Crippen LogP contribution >= 0.6 is 0 Å². The van der Waals surface area contributed by atoms with Gasteiger partial charge in [0, 0.05) is 6.20 Å². The lowest BCUT2D eigenvalue weighted by atomic mass is 10.1. The van der Waals surface area contributed by atoms with Crippen molar-refractivity contribution in [2.45, 2.75) is 18.8 Å². The van der Waals surface area contributed by atoms with Gasteiger partial charge in [-0.05, 0) is 24.3 Å². The number of carbonyl (C=O) groups is 1. The van der Waals surface area contributed by atoms with Crippen LogP contribution in [0.2, 0.25) is 0 Å². The number of anilines is 1. The van der Waals surface area contributed by atoms with E-state index in [1.807, 2.05) is 18.2 Å². The normalized spacial score (nSPS) is 15.8. The zero-order chi connectivity index (χ0) is 20.4. The van der Waals surface area contributed by atoms with Crippen molar-refractivity contribution in [1.82, 2.24) is 9.78 Å². The summed E-state index contributed by atoms with van der Waals surface area (Å²) >= 11 is 0. The molecule has 6 nitrogen and oxygen atoms in total. The van der Waals surface area contributed by atoms with Crippen LogP contribution in [0.1, 0.15) is 15.9 Å². The lowest BCUT2D eigenvalue weighted by molar-refractivity contribution is -0.137. The molecule has 0 fully saturated rings. The summed E-state index contributed by atoms with van der Waals surface area (Å²) in [5, 5.41) is 6.58. The molecule has 1 unspecified atom stereocenters. The molecule has 0 saturated carbocycles. The number of carbonyl (C=O) groups excluding carboxylic acids is 1. The van der Waals surface area contributed by atoms with Gasteiger partial charge in [-0.15, -0.1) is 0 Å². The van der Waals surface area contributed by atoms with Crippen LogP contribution in [0.5, 0.6) is 11.5 Å². The summed E-state index contributed by atoms with van der Waals surface area (Å²) in [4.78, 5) is 12.3. The van der Waals surface area contributed by atoms with Crippen molar-refractivity contribution in [2.75, 3.05) is 11.9 Å². The summed E-state index contributed by atoms with van der Waals surface area (Å²) in [6, 6.07) is 11.9. The average Bonchev–Trinajstić information content (AvgIpc) is 3.14. The minimum absolute atomic E-state index is 0.282. The van der Waals surface area contributed by atoms with Crippen molar-refractivity contribution in [3.8, 4) is 11.5 Å².